The molecular weight excluding hydrogens is 228 g/mol. The molecule has 2 fully saturated rings. The van der Waals surface area contributed by atoms with Crippen LogP contribution in [0, 0.1) is 11.3 Å². The summed E-state index contributed by atoms with van der Waals surface area (Å²) in [5, 5.41) is 3.36. The van der Waals surface area contributed by atoms with Crippen LogP contribution in [0.1, 0.15) is 40.5 Å². The molecule has 1 aliphatic heterocycles. The van der Waals surface area contributed by atoms with E-state index < -0.39 is 0 Å². The number of hydrogen-bond donors (Lipinski definition) is 1. The molecule has 0 aromatic heterocycles. The van der Waals surface area contributed by atoms with E-state index in [1.54, 1.807) is 7.11 Å². The van der Waals surface area contributed by atoms with Crippen LogP contribution < -0.4 is 5.32 Å². The van der Waals surface area contributed by atoms with E-state index in [2.05, 4.69) is 33.0 Å². The zero-order valence-electron chi connectivity index (χ0n) is 12.2. The summed E-state index contributed by atoms with van der Waals surface area (Å²) < 4.78 is 5.46. The van der Waals surface area contributed by atoms with Crippen molar-refractivity contribution < 1.29 is 9.53 Å². The minimum atomic E-state index is 0.00685. The fourth-order valence-corrected chi connectivity index (χ4v) is 3.28. The summed E-state index contributed by atoms with van der Waals surface area (Å²) >= 11 is 0. The van der Waals surface area contributed by atoms with Gasteiger partial charge in [-0.2, -0.15) is 0 Å². The molecule has 1 aliphatic carbocycles. The van der Waals surface area contributed by atoms with Gasteiger partial charge < -0.3 is 9.64 Å². The van der Waals surface area contributed by atoms with Gasteiger partial charge in [-0.1, -0.05) is 34.1 Å². The Kier molecular flexibility index (Phi) is 3.70. The molecule has 4 heteroatoms. The highest BCUT2D eigenvalue weighted by Crippen LogP contribution is 2.46. The quantitative estimate of drug-likeness (QED) is 0.828. The molecule has 1 heterocycles. The fourth-order valence-electron chi connectivity index (χ4n) is 3.28. The van der Waals surface area contributed by atoms with Crippen molar-refractivity contribution in [3.63, 3.8) is 0 Å². The van der Waals surface area contributed by atoms with Crippen LogP contribution in [0.5, 0.6) is 0 Å². The van der Waals surface area contributed by atoms with E-state index in [9.17, 15) is 4.79 Å². The maximum absolute atomic E-state index is 12.4. The van der Waals surface area contributed by atoms with Gasteiger partial charge in [-0.05, 0) is 12.3 Å². The van der Waals surface area contributed by atoms with Gasteiger partial charge in [-0.3, -0.25) is 10.1 Å². The molecule has 1 N–H and O–H groups in total. The highest BCUT2D eigenvalue weighted by molar-refractivity contribution is 5.84. The number of ether oxygens (including phenoxy) is 1. The van der Waals surface area contributed by atoms with Crippen molar-refractivity contribution in [2.24, 2.45) is 11.3 Å². The van der Waals surface area contributed by atoms with Crippen molar-refractivity contribution >= 4 is 5.91 Å². The molecule has 104 valence electrons. The van der Waals surface area contributed by atoms with Crippen LogP contribution in [0.4, 0.5) is 0 Å². The Labute approximate surface area is 110 Å². The van der Waals surface area contributed by atoms with Crippen molar-refractivity contribution in [1.82, 2.24) is 10.2 Å². The average Bonchev–Trinajstić information content (AvgIpc) is 2.70. The summed E-state index contributed by atoms with van der Waals surface area (Å²) in [5.74, 6) is 0.681. The summed E-state index contributed by atoms with van der Waals surface area (Å²) in [6.07, 6.45) is 2.27. The minimum absolute atomic E-state index is 0.00685. The maximum atomic E-state index is 12.4. The second-order valence-electron chi connectivity index (χ2n) is 6.33. The van der Waals surface area contributed by atoms with E-state index in [-0.39, 0.29) is 23.5 Å². The normalized spacial score (nSPS) is 36.6. The van der Waals surface area contributed by atoms with E-state index >= 15 is 0 Å². The Balaban J connectivity index is 2.03. The van der Waals surface area contributed by atoms with Gasteiger partial charge in [0.05, 0.1) is 18.8 Å². The molecule has 4 unspecified atom stereocenters. The Morgan fingerprint density at radius 2 is 2.22 bits per heavy atom. The molecule has 0 aromatic carbocycles. The van der Waals surface area contributed by atoms with Crippen molar-refractivity contribution in [2.75, 3.05) is 13.8 Å². The van der Waals surface area contributed by atoms with Crippen LogP contribution in [0.25, 0.3) is 0 Å². The molecular formula is C14H26N2O2. The summed E-state index contributed by atoms with van der Waals surface area (Å²) in [6, 6.07) is 0.323. The zero-order valence-corrected chi connectivity index (χ0v) is 12.2. The third-order valence-electron chi connectivity index (χ3n) is 5.03. The predicted octanol–water partition coefficient (Wildman–Crippen LogP) is 1.60. The van der Waals surface area contributed by atoms with Crippen molar-refractivity contribution in [3.8, 4) is 0 Å². The van der Waals surface area contributed by atoms with Gasteiger partial charge in [-0.15, -0.1) is 0 Å². The predicted molar refractivity (Wildman–Crippen MR) is 71.1 cm³/mol. The minimum Gasteiger partial charge on any atom is -0.381 e. The van der Waals surface area contributed by atoms with Crippen LogP contribution in [0.15, 0.2) is 0 Å². The number of nitrogens with one attached hydrogen (secondary N) is 1. The molecule has 18 heavy (non-hydrogen) atoms. The van der Waals surface area contributed by atoms with Crippen LogP contribution in [0.2, 0.25) is 0 Å². The number of methoxy groups -OCH3 is 1. The number of hydrogen-bond acceptors (Lipinski definition) is 3. The number of amides is 1. The Bertz CT molecular complexity index is 330. The van der Waals surface area contributed by atoms with E-state index in [1.807, 2.05) is 4.90 Å². The first kappa shape index (κ1) is 13.8. The molecule has 1 saturated carbocycles. The third-order valence-corrected chi connectivity index (χ3v) is 5.03. The fraction of sp³-hybridized carbons (Fsp3) is 0.929. The van der Waals surface area contributed by atoms with E-state index in [1.165, 1.54) is 0 Å². The first-order valence-corrected chi connectivity index (χ1v) is 7.00. The first-order valence-electron chi connectivity index (χ1n) is 7.00. The third kappa shape index (κ3) is 1.95. The lowest BCUT2D eigenvalue weighted by molar-refractivity contribution is -0.157. The second-order valence-corrected chi connectivity index (χ2v) is 6.33. The molecule has 2 aliphatic rings. The van der Waals surface area contributed by atoms with Crippen molar-refractivity contribution in [3.05, 3.63) is 0 Å². The molecule has 1 saturated heterocycles. The summed E-state index contributed by atoms with van der Waals surface area (Å²) in [5.41, 5.74) is 0.0659. The number of carbonyl (C=O) groups excluding carboxylic acids is 1. The van der Waals surface area contributed by atoms with Gasteiger partial charge in [0.25, 0.3) is 0 Å². The van der Waals surface area contributed by atoms with Gasteiger partial charge in [0.2, 0.25) is 5.91 Å². The Hall–Kier alpha value is -0.610. The zero-order chi connectivity index (χ0) is 13.5. The van der Waals surface area contributed by atoms with E-state index in [0.29, 0.717) is 18.6 Å². The van der Waals surface area contributed by atoms with Gasteiger partial charge in [0.15, 0.2) is 0 Å². The number of nitrogens with zero attached hydrogens (tertiary/aromatic N) is 1. The monoisotopic (exact) mass is 254 g/mol. The largest absolute Gasteiger partial charge is 0.381 e. The topological polar surface area (TPSA) is 41.6 Å². The van der Waals surface area contributed by atoms with E-state index in [0.717, 1.165) is 12.8 Å². The molecule has 0 aromatic rings. The van der Waals surface area contributed by atoms with Gasteiger partial charge >= 0.3 is 0 Å². The van der Waals surface area contributed by atoms with Crippen molar-refractivity contribution in [1.29, 1.82) is 0 Å². The Morgan fingerprint density at radius 1 is 1.56 bits per heavy atom. The summed E-state index contributed by atoms with van der Waals surface area (Å²) in [6.45, 7) is 9.36. The van der Waals surface area contributed by atoms with Crippen LogP contribution in [-0.2, 0) is 9.53 Å². The highest BCUT2D eigenvalue weighted by Gasteiger charge is 2.54. The lowest BCUT2D eigenvalue weighted by Gasteiger charge is -2.54. The molecule has 0 bridgehead atoms. The van der Waals surface area contributed by atoms with Gasteiger partial charge in [0.1, 0.15) is 0 Å². The second kappa shape index (κ2) is 4.82. The SMILES string of the molecule is CCC(C)C1NCN(C2CC(OC)C2(C)C)C1=O. The summed E-state index contributed by atoms with van der Waals surface area (Å²) in [7, 11) is 1.76. The molecule has 4 nitrogen and oxygen atoms in total. The smallest absolute Gasteiger partial charge is 0.241 e. The molecule has 1 amide bonds. The van der Waals surface area contributed by atoms with Crippen LogP contribution in [-0.4, -0.2) is 42.8 Å². The first-order chi connectivity index (χ1) is 8.43. The van der Waals surface area contributed by atoms with Crippen LogP contribution in [0.3, 0.4) is 0 Å². The van der Waals surface area contributed by atoms with E-state index in [4.69, 9.17) is 4.74 Å². The number of carbonyl (C=O) groups is 1. The maximum Gasteiger partial charge on any atom is 0.241 e. The molecule has 4 atom stereocenters. The van der Waals surface area contributed by atoms with Gasteiger partial charge in [-0.25, -0.2) is 0 Å². The lowest BCUT2D eigenvalue weighted by atomic mass is 9.63. The van der Waals surface area contributed by atoms with Crippen molar-refractivity contribution in [2.45, 2.75) is 58.7 Å². The Morgan fingerprint density at radius 3 is 2.72 bits per heavy atom. The lowest BCUT2D eigenvalue weighted by Crippen LogP contribution is -2.62. The van der Waals surface area contributed by atoms with Gasteiger partial charge in [0, 0.05) is 18.6 Å². The molecule has 0 radical (unpaired) electrons. The van der Waals surface area contributed by atoms with Crippen LogP contribution >= 0.6 is 0 Å². The molecule has 0 spiro atoms. The highest BCUT2D eigenvalue weighted by atomic mass is 16.5. The summed E-state index contributed by atoms with van der Waals surface area (Å²) in [4.78, 5) is 14.5. The average molecular weight is 254 g/mol. The number of rotatable bonds is 4. The standard InChI is InChI=1S/C14H26N2O2/c1-6-9(2)12-13(17)16(8-15-12)10-7-11(18-5)14(10,3)4/h9-12,15H,6-8H2,1-5H3. The molecule has 2 rings (SSSR count).